The highest BCUT2D eigenvalue weighted by Gasteiger charge is 2.46. The number of aryl methyl sites for hydroxylation is 2. The van der Waals surface area contributed by atoms with Gasteiger partial charge < -0.3 is 9.97 Å². The Balaban J connectivity index is 0.000000176. The molecule has 1 fully saturated rings. The first kappa shape index (κ1) is 26.6. The second-order valence-electron chi connectivity index (χ2n) is 10.8. The number of alkyl halides is 2. The van der Waals surface area contributed by atoms with Gasteiger partial charge in [0.1, 0.15) is 0 Å². The summed E-state index contributed by atoms with van der Waals surface area (Å²) in [7, 11) is 0. The molecule has 0 unspecified atom stereocenters. The Hall–Kier alpha value is -3.42. The third-order valence-corrected chi connectivity index (χ3v) is 7.44. The molecular weight excluding hydrogens is 474 g/mol. The molecule has 1 aliphatic rings. The Kier molecular flexibility index (Phi) is 7.06. The molecule has 5 rings (SSSR count). The van der Waals surface area contributed by atoms with Gasteiger partial charge in [-0.2, -0.15) is 0 Å². The summed E-state index contributed by atoms with van der Waals surface area (Å²) in [6.07, 6.45) is 3.20. The summed E-state index contributed by atoms with van der Waals surface area (Å²) in [5.41, 5.74) is 8.32. The number of nitrogens with zero attached hydrogens (tertiary/aromatic N) is 2. The Morgan fingerprint density at radius 1 is 0.865 bits per heavy atom. The number of hydrogen-bond donors (Lipinski definition) is 2. The Morgan fingerprint density at radius 2 is 1.54 bits per heavy atom. The Labute approximate surface area is 214 Å². The zero-order chi connectivity index (χ0) is 27.2. The molecule has 196 valence electrons. The second kappa shape index (κ2) is 9.80. The van der Waals surface area contributed by atoms with Crippen LogP contribution in [0, 0.1) is 20.8 Å². The van der Waals surface area contributed by atoms with E-state index in [1.807, 2.05) is 46.9 Å². The van der Waals surface area contributed by atoms with E-state index in [9.17, 15) is 18.4 Å². The zero-order valence-electron chi connectivity index (χ0n) is 22.4. The topological polar surface area (TPSA) is 91.5 Å². The van der Waals surface area contributed by atoms with Crippen LogP contribution in [0.15, 0.2) is 34.1 Å². The summed E-state index contributed by atoms with van der Waals surface area (Å²) < 4.78 is 25.9. The lowest BCUT2D eigenvalue weighted by molar-refractivity contribution is -0.0869. The van der Waals surface area contributed by atoms with Crippen LogP contribution in [-0.4, -0.2) is 25.9 Å². The van der Waals surface area contributed by atoms with Crippen LogP contribution < -0.4 is 11.1 Å². The van der Waals surface area contributed by atoms with Gasteiger partial charge in [-0.05, 0) is 67.0 Å². The van der Waals surface area contributed by atoms with Crippen molar-refractivity contribution in [1.82, 2.24) is 19.9 Å². The standard InChI is InChI=1S/C15H16F2N2O.C14H18N2O/c1-8(2)9-3-13-12(18-7-9)4-11(14(20)19-13)10-5-15(16,17)6-10;1-7(2)11-6-15-12-8(3)9(4)14(17)16-13(12)10(11)5/h3-4,7-8,10H,5-6H2,1-2H3,(H,19,20);6-7H,1-5H3,(H,16,17). The van der Waals surface area contributed by atoms with Gasteiger partial charge in [0.15, 0.2) is 0 Å². The summed E-state index contributed by atoms with van der Waals surface area (Å²) in [6, 6.07) is 3.55. The fraction of sp³-hybridized carbons (Fsp3) is 0.448. The highest BCUT2D eigenvalue weighted by Crippen LogP contribution is 2.47. The van der Waals surface area contributed by atoms with E-state index in [0.717, 1.165) is 33.3 Å². The molecule has 1 saturated carbocycles. The van der Waals surface area contributed by atoms with E-state index in [4.69, 9.17) is 0 Å². The van der Waals surface area contributed by atoms with Gasteiger partial charge in [0, 0.05) is 42.3 Å². The van der Waals surface area contributed by atoms with E-state index in [2.05, 4.69) is 33.8 Å². The first-order valence-electron chi connectivity index (χ1n) is 12.7. The van der Waals surface area contributed by atoms with Crippen LogP contribution in [0.25, 0.3) is 22.1 Å². The van der Waals surface area contributed by atoms with Crippen molar-refractivity contribution in [3.05, 3.63) is 78.6 Å². The van der Waals surface area contributed by atoms with Crippen LogP contribution in [0.3, 0.4) is 0 Å². The van der Waals surface area contributed by atoms with E-state index in [1.165, 1.54) is 5.56 Å². The van der Waals surface area contributed by atoms with Crippen molar-refractivity contribution in [3.63, 3.8) is 0 Å². The number of hydrogen-bond acceptors (Lipinski definition) is 4. The number of aromatic amines is 2. The fourth-order valence-corrected chi connectivity index (χ4v) is 4.81. The number of pyridine rings is 4. The van der Waals surface area contributed by atoms with E-state index < -0.39 is 5.92 Å². The summed E-state index contributed by atoms with van der Waals surface area (Å²) in [4.78, 5) is 38.4. The van der Waals surface area contributed by atoms with Crippen molar-refractivity contribution in [1.29, 1.82) is 0 Å². The predicted molar refractivity (Wildman–Crippen MR) is 144 cm³/mol. The smallest absolute Gasteiger partial charge is 0.252 e. The highest BCUT2D eigenvalue weighted by atomic mass is 19.3. The van der Waals surface area contributed by atoms with Gasteiger partial charge in [0.05, 0.1) is 22.1 Å². The molecule has 0 spiro atoms. The molecule has 1 aliphatic carbocycles. The Bertz CT molecular complexity index is 1590. The van der Waals surface area contributed by atoms with Crippen LogP contribution in [0.4, 0.5) is 8.78 Å². The van der Waals surface area contributed by atoms with Crippen LogP contribution in [0.2, 0.25) is 0 Å². The molecule has 0 amide bonds. The lowest BCUT2D eigenvalue weighted by Gasteiger charge is -2.34. The third-order valence-electron chi connectivity index (χ3n) is 7.44. The molecule has 0 saturated heterocycles. The van der Waals surface area contributed by atoms with Gasteiger partial charge in [-0.15, -0.1) is 0 Å². The summed E-state index contributed by atoms with van der Waals surface area (Å²) in [5.74, 6) is -2.25. The minimum absolute atomic E-state index is 0.0131. The predicted octanol–water partition coefficient (Wildman–Crippen LogP) is 6.53. The van der Waals surface area contributed by atoms with E-state index in [0.29, 0.717) is 28.4 Å². The van der Waals surface area contributed by atoms with E-state index in [-0.39, 0.29) is 29.9 Å². The Morgan fingerprint density at radius 3 is 2.14 bits per heavy atom. The summed E-state index contributed by atoms with van der Waals surface area (Å²) in [6.45, 7) is 14.2. The number of rotatable bonds is 3. The van der Waals surface area contributed by atoms with Crippen molar-refractivity contribution < 1.29 is 8.78 Å². The molecule has 0 aromatic carbocycles. The molecular formula is C29H34F2N4O2. The van der Waals surface area contributed by atoms with Crippen molar-refractivity contribution >= 4 is 22.1 Å². The number of nitrogens with one attached hydrogen (secondary N) is 2. The molecule has 2 N–H and O–H groups in total. The lowest BCUT2D eigenvalue weighted by Crippen LogP contribution is -2.36. The molecule has 0 bridgehead atoms. The average Bonchev–Trinajstić information content (AvgIpc) is 2.81. The molecule has 0 aliphatic heterocycles. The minimum atomic E-state index is -2.62. The monoisotopic (exact) mass is 508 g/mol. The summed E-state index contributed by atoms with van der Waals surface area (Å²) in [5, 5.41) is 0. The molecule has 0 radical (unpaired) electrons. The quantitative estimate of drug-likeness (QED) is 0.329. The lowest BCUT2D eigenvalue weighted by atomic mass is 9.77. The fourth-order valence-electron chi connectivity index (χ4n) is 4.81. The number of aromatic nitrogens is 4. The first-order valence-corrected chi connectivity index (χ1v) is 12.7. The minimum Gasteiger partial charge on any atom is -0.320 e. The molecule has 4 aromatic heterocycles. The van der Waals surface area contributed by atoms with E-state index >= 15 is 0 Å². The normalized spacial score (nSPS) is 15.2. The van der Waals surface area contributed by atoms with Crippen molar-refractivity contribution in [3.8, 4) is 0 Å². The number of H-pyrrole nitrogens is 2. The molecule has 4 heterocycles. The second-order valence-corrected chi connectivity index (χ2v) is 10.8. The maximum atomic E-state index is 12.9. The summed E-state index contributed by atoms with van der Waals surface area (Å²) >= 11 is 0. The molecule has 37 heavy (non-hydrogen) atoms. The third kappa shape index (κ3) is 5.20. The van der Waals surface area contributed by atoms with Gasteiger partial charge in [-0.3, -0.25) is 19.6 Å². The van der Waals surface area contributed by atoms with Crippen LogP contribution in [0.5, 0.6) is 0 Å². The van der Waals surface area contributed by atoms with Crippen molar-refractivity contribution in [2.75, 3.05) is 0 Å². The average molecular weight is 509 g/mol. The van der Waals surface area contributed by atoms with Crippen LogP contribution in [-0.2, 0) is 0 Å². The largest absolute Gasteiger partial charge is 0.320 e. The van der Waals surface area contributed by atoms with Crippen molar-refractivity contribution in [2.24, 2.45) is 0 Å². The number of halogens is 2. The van der Waals surface area contributed by atoms with Gasteiger partial charge in [-0.25, -0.2) is 8.78 Å². The molecule has 6 nitrogen and oxygen atoms in total. The highest BCUT2D eigenvalue weighted by molar-refractivity contribution is 5.82. The van der Waals surface area contributed by atoms with Gasteiger partial charge in [0.2, 0.25) is 5.92 Å². The first-order chi connectivity index (χ1) is 17.3. The van der Waals surface area contributed by atoms with Gasteiger partial charge in [-0.1, -0.05) is 27.7 Å². The van der Waals surface area contributed by atoms with Crippen LogP contribution in [0.1, 0.15) is 91.7 Å². The van der Waals surface area contributed by atoms with E-state index in [1.54, 1.807) is 12.3 Å². The maximum absolute atomic E-state index is 12.9. The zero-order valence-corrected chi connectivity index (χ0v) is 22.4. The van der Waals surface area contributed by atoms with Gasteiger partial charge in [0.25, 0.3) is 11.1 Å². The van der Waals surface area contributed by atoms with Gasteiger partial charge >= 0.3 is 0 Å². The number of fused-ring (bicyclic) bond motifs is 2. The molecule has 0 atom stereocenters. The molecule has 8 heteroatoms. The maximum Gasteiger partial charge on any atom is 0.252 e. The SMILES string of the molecule is CC(C)c1cnc2cc(C3CC(F)(F)C3)c(=O)[nH]c2c1.Cc1c(C)c2ncc(C(C)C)c(C)c2[nH]c1=O. The molecule has 4 aromatic rings. The van der Waals surface area contributed by atoms with Crippen LogP contribution >= 0.6 is 0 Å². The van der Waals surface area contributed by atoms with Crippen molar-refractivity contribution in [2.45, 2.75) is 85.0 Å².